The molecule has 0 bridgehead atoms. The van der Waals surface area contributed by atoms with Crippen molar-refractivity contribution in [2.45, 2.75) is 63.9 Å². The largest absolute Gasteiger partial charge is 0.469 e. The van der Waals surface area contributed by atoms with Gasteiger partial charge in [-0.2, -0.15) is 0 Å². The second-order valence-electron chi connectivity index (χ2n) is 6.26. The van der Waals surface area contributed by atoms with Gasteiger partial charge in [-0.15, -0.1) is 0 Å². The van der Waals surface area contributed by atoms with Crippen LogP contribution in [0.25, 0.3) is 0 Å². The lowest BCUT2D eigenvalue weighted by Crippen LogP contribution is -2.43. The van der Waals surface area contributed by atoms with Gasteiger partial charge >= 0.3 is 0 Å². The lowest BCUT2D eigenvalue weighted by Gasteiger charge is -2.43. The van der Waals surface area contributed by atoms with Crippen LogP contribution in [0.3, 0.4) is 0 Å². The van der Waals surface area contributed by atoms with Crippen molar-refractivity contribution in [1.82, 2.24) is 0 Å². The molecule has 0 aromatic carbocycles. The van der Waals surface area contributed by atoms with Gasteiger partial charge in [0.2, 0.25) is 0 Å². The van der Waals surface area contributed by atoms with E-state index < -0.39 is 0 Å². The van der Waals surface area contributed by atoms with Crippen LogP contribution >= 0.6 is 0 Å². The number of carbonyl (C=O) groups is 1. The molecule has 3 heteroatoms. The molecule has 1 saturated heterocycles. The summed E-state index contributed by atoms with van der Waals surface area (Å²) in [6.45, 7) is 2.76. The van der Waals surface area contributed by atoms with E-state index in [1.54, 1.807) is 6.26 Å². The first-order valence-electron chi connectivity index (χ1n) is 7.99. The van der Waals surface area contributed by atoms with Gasteiger partial charge in [0.15, 0.2) is 5.78 Å². The molecule has 0 N–H and O–H groups in total. The summed E-state index contributed by atoms with van der Waals surface area (Å²) in [5.41, 5.74) is 0.790. The Morgan fingerprint density at radius 3 is 2.90 bits per heavy atom. The summed E-state index contributed by atoms with van der Waals surface area (Å²) in [5, 5.41) is 0. The van der Waals surface area contributed by atoms with E-state index in [4.69, 9.17) is 9.15 Å². The van der Waals surface area contributed by atoms with E-state index in [2.05, 4.69) is 0 Å². The Morgan fingerprint density at radius 2 is 2.15 bits per heavy atom. The van der Waals surface area contributed by atoms with Crippen molar-refractivity contribution in [3.05, 3.63) is 23.7 Å². The summed E-state index contributed by atoms with van der Waals surface area (Å²) in [5.74, 6) is 1.22. The van der Waals surface area contributed by atoms with Gasteiger partial charge in [-0.05, 0) is 31.7 Å². The van der Waals surface area contributed by atoms with E-state index in [0.29, 0.717) is 0 Å². The smallest absolute Gasteiger partial charge is 0.169 e. The Morgan fingerprint density at radius 1 is 1.35 bits per heavy atom. The van der Waals surface area contributed by atoms with Gasteiger partial charge in [0.1, 0.15) is 5.76 Å². The Balaban J connectivity index is 1.75. The molecular weight excluding hydrogens is 252 g/mol. The quantitative estimate of drug-likeness (QED) is 0.778. The van der Waals surface area contributed by atoms with Crippen molar-refractivity contribution in [2.75, 3.05) is 6.61 Å². The van der Waals surface area contributed by atoms with Crippen LogP contribution in [0.5, 0.6) is 0 Å². The summed E-state index contributed by atoms with van der Waals surface area (Å²) in [7, 11) is 0. The second kappa shape index (κ2) is 5.72. The minimum absolute atomic E-state index is 0.00700. The molecule has 1 saturated carbocycles. The Bertz CT molecular complexity index is 463. The maximum atomic E-state index is 12.8. The molecule has 3 nitrogen and oxygen atoms in total. The third-order valence-corrected chi connectivity index (χ3v) is 4.96. The zero-order valence-corrected chi connectivity index (χ0v) is 12.3. The highest BCUT2D eigenvalue weighted by Crippen LogP contribution is 2.41. The van der Waals surface area contributed by atoms with Crippen molar-refractivity contribution in [1.29, 1.82) is 0 Å². The van der Waals surface area contributed by atoms with Crippen molar-refractivity contribution in [3.63, 3.8) is 0 Å². The minimum Gasteiger partial charge on any atom is -0.469 e. The molecule has 1 aliphatic heterocycles. The average molecular weight is 276 g/mol. The van der Waals surface area contributed by atoms with E-state index in [9.17, 15) is 4.79 Å². The molecule has 1 aromatic heterocycles. The fourth-order valence-electron chi connectivity index (χ4n) is 3.85. The number of hydrogen-bond acceptors (Lipinski definition) is 3. The topological polar surface area (TPSA) is 39.4 Å². The average Bonchev–Trinajstić information content (AvgIpc) is 2.96. The maximum absolute atomic E-state index is 12.8. The van der Waals surface area contributed by atoms with Crippen molar-refractivity contribution < 1.29 is 13.9 Å². The van der Waals surface area contributed by atoms with Crippen LogP contribution in [0.2, 0.25) is 0 Å². The van der Waals surface area contributed by atoms with E-state index in [-0.39, 0.29) is 17.3 Å². The molecular formula is C17H24O3. The van der Waals surface area contributed by atoms with Gasteiger partial charge in [-0.1, -0.05) is 26.2 Å². The lowest BCUT2D eigenvalue weighted by molar-refractivity contribution is -0.111. The number of rotatable bonds is 3. The van der Waals surface area contributed by atoms with Crippen molar-refractivity contribution in [2.24, 2.45) is 5.92 Å². The molecule has 2 heterocycles. The Kier molecular flexibility index (Phi) is 3.97. The molecule has 110 valence electrons. The van der Waals surface area contributed by atoms with Crippen LogP contribution < -0.4 is 0 Å². The van der Waals surface area contributed by atoms with E-state index >= 15 is 0 Å². The van der Waals surface area contributed by atoms with Crippen molar-refractivity contribution in [3.8, 4) is 0 Å². The van der Waals surface area contributed by atoms with Crippen LogP contribution in [-0.2, 0) is 11.2 Å². The molecule has 20 heavy (non-hydrogen) atoms. The highest BCUT2D eigenvalue weighted by atomic mass is 16.5. The van der Waals surface area contributed by atoms with E-state index in [1.165, 1.54) is 19.3 Å². The molecule has 2 aliphatic rings. The van der Waals surface area contributed by atoms with Gasteiger partial charge in [0.05, 0.1) is 17.4 Å². The first-order valence-corrected chi connectivity index (χ1v) is 7.99. The molecule has 0 radical (unpaired) electrons. The van der Waals surface area contributed by atoms with Crippen LogP contribution in [-0.4, -0.2) is 18.0 Å². The maximum Gasteiger partial charge on any atom is 0.169 e. The second-order valence-corrected chi connectivity index (χ2v) is 6.26. The van der Waals surface area contributed by atoms with Crippen LogP contribution in [0.15, 0.2) is 16.7 Å². The third-order valence-electron chi connectivity index (χ3n) is 4.96. The number of aryl methyl sites for hydroxylation is 1. The summed E-state index contributed by atoms with van der Waals surface area (Å²) in [4.78, 5) is 12.8. The number of furan rings is 1. The van der Waals surface area contributed by atoms with Gasteiger partial charge in [-0.3, -0.25) is 4.79 Å². The van der Waals surface area contributed by atoms with Gasteiger partial charge < -0.3 is 9.15 Å². The number of ether oxygens (including phenoxy) is 1. The molecule has 1 atom stereocenters. The van der Waals surface area contributed by atoms with Gasteiger partial charge in [0, 0.05) is 18.9 Å². The standard InChI is InChI=1S/C17H24O3/c1-2-15-14(7-10-19-15)16(18)13-6-11-20-17(12-13)8-4-3-5-9-17/h7,10,13H,2-6,8-9,11-12H2,1H3. The molecule has 2 fully saturated rings. The minimum atomic E-state index is -0.00700. The first kappa shape index (κ1) is 13.9. The zero-order chi connectivity index (χ0) is 14.0. The molecule has 3 rings (SSSR count). The lowest BCUT2D eigenvalue weighted by atomic mass is 9.74. The predicted molar refractivity (Wildman–Crippen MR) is 76.9 cm³/mol. The summed E-state index contributed by atoms with van der Waals surface area (Å²) in [6.07, 6.45) is 10.2. The monoisotopic (exact) mass is 276 g/mol. The predicted octanol–water partition coefficient (Wildman–Crippen LogP) is 4.15. The highest BCUT2D eigenvalue weighted by Gasteiger charge is 2.41. The van der Waals surface area contributed by atoms with Crippen LogP contribution in [0.1, 0.15) is 68.0 Å². The number of Topliss-reactive ketones (excluding diaryl/α,β-unsaturated/α-hetero) is 1. The normalized spacial score (nSPS) is 25.8. The fourth-order valence-corrected chi connectivity index (χ4v) is 3.85. The summed E-state index contributed by atoms with van der Waals surface area (Å²) >= 11 is 0. The molecule has 1 unspecified atom stereocenters. The van der Waals surface area contributed by atoms with Crippen LogP contribution in [0, 0.1) is 5.92 Å². The first-order chi connectivity index (χ1) is 9.74. The summed E-state index contributed by atoms with van der Waals surface area (Å²) in [6, 6.07) is 1.84. The van der Waals surface area contributed by atoms with Crippen molar-refractivity contribution >= 4 is 5.78 Å². The Labute approximate surface area is 120 Å². The summed E-state index contributed by atoms with van der Waals surface area (Å²) < 4.78 is 11.5. The SMILES string of the molecule is CCc1occc1C(=O)C1CCOC2(CCCCC2)C1. The number of hydrogen-bond donors (Lipinski definition) is 0. The fraction of sp³-hybridized carbons (Fsp3) is 0.706. The van der Waals surface area contributed by atoms with E-state index in [1.807, 2.05) is 13.0 Å². The van der Waals surface area contributed by atoms with Crippen LogP contribution in [0.4, 0.5) is 0 Å². The third kappa shape index (κ3) is 2.56. The highest BCUT2D eigenvalue weighted by molar-refractivity contribution is 5.98. The molecule has 1 aromatic rings. The van der Waals surface area contributed by atoms with Gasteiger partial charge in [0.25, 0.3) is 0 Å². The zero-order valence-electron chi connectivity index (χ0n) is 12.3. The molecule has 1 spiro atoms. The molecule has 0 amide bonds. The number of ketones is 1. The molecule has 1 aliphatic carbocycles. The number of carbonyl (C=O) groups excluding carboxylic acids is 1. The van der Waals surface area contributed by atoms with Gasteiger partial charge in [-0.25, -0.2) is 0 Å². The Hall–Kier alpha value is -1.09. The van der Waals surface area contributed by atoms with E-state index in [0.717, 1.165) is 50.0 Å².